The molecule has 6 nitrogen and oxygen atoms in total. The van der Waals surface area contributed by atoms with Gasteiger partial charge in [-0.2, -0.15) is 13.2 Å². The van der Waals surface area contributed by atoms with Crippen LogP contribution in [-0.2, 0) is 36.9 Å². The van der Waals surface area contributed by atoms with Crippen LogP contribution in [0.2, 0.25) is 0 Å². The number of carbonyl (C=O) groups excluding carboxylic acids is 1. The zero-order chi connectivity index (χ0) is 27.3. The quantitative estimate of drug-likeness (QED) is 0.203. The number of rotatable bonds is 9. The van der Waals surface area contributed by atoms with Crippen LogP contribution in [-0.4, -0.2) is 12.5 Å². The van der Waals surface area contributed by atoms with Gasteiger partial charge < -0.3 is 10.6 Å². The number of hydrogen-bond acceptors (Lipinski definition) is 4. The number of anilines is 2. The van der Waals surface area contributed by atoms with Crippen molar-refractivity contribution in [2.75, 3.05) is 16.5 Å². The first kappa shape index (κ1) is 26.9. The van der Waals surface area contributed by atoms with E-state index in [9.17, 15) is 22.9 Å². The maximum Gasteiger partial charge on any atom is 0.416 e. The average Bonchev–Trinajstić information content (AvgIpc) is 2.90. The van der Waals surface area contributed by atoms with Crippen LogP contribution < -0.4 is 15.6 Å². The van der Waals surface area contributed by atoms with E-state index in [1.807, 2.05) is 42.5 Å². The summed E-state index contributed by atoms with van der Waals surface area (Å²) in [5.41, 5.74) is 10.7. The smallest absolute Gasteiger partial charge is 0.367 e. The van der Waals surface area contributed by atoms with Crippen LogP contribution in [0, 0.1) is 4.91 Å². The van der Waals surface area contributed by atoms with Crippen LogP contribution >= 0.6 is 0 Å². The van der Waals surface area contributed by atoms with Crippen LogP contribution in [0.4, 0.5) is 24.5 Å². The Kier molecular flexibility index (Phi) is 8.14. The lowest BCUT2D eigenvalue weighted by Crippen LogP contribution is -2.29. The summed E-state index contributed by atoms with van der Waals surface area (Å²) in [5, 5.41) is 4.38. The van der Waals surface area contributed by atoms with Gasteiger partial charge in [-0.05, 0) is 72.4 Å². The Morgan fingerprint density at radius 3 is 2.29 bits per heavy atom. The van der Waals surface area contributed by atoms with Crippen molar-refractivity contribution in [1.29, 1.82) is 0 Å². The molecule has 9 heteroatoms. The molecule has 0 bridgehead atoms. The molecule has 38 heavy (non-hydrogen) atoms. The molecule has 0 aliphatic carbocycles. The van der Waals surface area contributed by atoms with E-state index in [1.165, 1.54) is 17.1 Å². The highest BCUT2D eigenvalue weighted by molar-refractivity contribution is 5.92. The lowest BCUT2D eigenvalue weighted by atomic mass is 9.99. The van der Waals surface area contributed by atoms with Crippen molar-refractivity contribution < 1.29 is 18.0 Å². The Labute approximate surface area is 219 Å². The molecular formula is C29H29F3N4O2. The molecule has 0 fully saturated rings. The molecule has 1 heterocycles. The second-order valence-corrected chi connectivity index (χ2v) is 9.34. The number of nitrogens with two attached hydrogens (primary N) is 1. The molecular weight excluding hydrogens is 493 g/mol. The summed E-state index contributed by atoms with van der Waals surface area (Å²) in [5.74, 6) is -0.413. The molecule has 0 radical (unpaired) electrons. The summed E-state index contributed by atoms with van der Waals surface area (Å²) in [4.78, 5) is 25.4. The Bertz CT molecular complexity index is 1320. The fraction of sp³-hybridized carbons (Fsp3) is 0.276. The predicted octanol–water partition coefficient (Wildman–Crippen LogP) is 6.32. The average molecular weight is 523 g/mol. The van der Waals surface area contributed by atoms with Gasteiger partial charge in [-0.1, -0.05) is 42.5 Å². The fourth-order valence-corrected chi connectivity index (χ4v) is 4.66. The maximum absolute atomic E-state index is 12.8. The molecule has 4 rings (SSSR count). The summed E-state index contributed by atoms with van der Waals surface area (Å²) in [6, 6.07) is 18.6. The van der Waals surface area contributed by atoms with Gasteiger partial charge in [0.25, 0.3) is 0 Å². The van der Waals surface area contributed by atoms with E-state index in [-0.39, 0.29) is 6.54 Å². The molecule has 3 aromatic rings. The molecule has 1 aliphatic rings. The predicted molar refractivity (Wildman–Crippen MR) is 142 cm³/mol. The molecule has 3 aromatic carbocycles. The van der Waals surface area contributed by atoms with E-state index >= 15 is 0 Å². The number of primary amides is 1. The summed E-state index contributed by atoms with van der Waals surface area (Å²) in [6.45, 7) is 3.47. The number of alkyl halides is 3. The second kappa shape index (κ2) is 11.5. The lowest BCUT2D eigenvalue weighted by Gasteiger charge is -2.32. The molecule has 0 spiro atoms. The van der Waals surface area contributed by atoms with Crippen molar-refractivity contribution in [3.63, 3.8) is 0 Å². The van der Waals surface area contributed by atoms with Gasteiger partial charge >= 0.3 is 6.18 Å². The Hall–Kier alpha value is -4.14. The Balaban J connectivity index is 1.46. The summed E-state index contributed by atoms with van der Waals surface area (Å²) < 4.78 is 38.5. The Morgan fingerprint density at radius 2 is 1.68 bits per heavy atom. The van der Waals surface area contributed by atoms with Crippen molar-refractivity contribution in [1.82, 2.24) is 0 Å². The first-order valence-corrected chi connectivity index (χ1v) is 12.4. The number of fused-ring (bicyclic) bond motifs is 1. The zero-order valence-electron chi connectivity index (χ0n) is 21.0. The highest BCUT2D eigenvalue weighted by Gasteiger charge is 2.30. The number of aryl methyl sites for hydroxylation is 1. The summed E-state index contributed by atoms with van der Waals surface area (Å²) >= 11 is 0. The van der Waals surface area contributed by atoms with E-state index in [2.05, 4.69) is 10.2 Å². The number of nitrogens with zero attached hydrogens (tertiary/aromatic N) is 3. The molecule has 2 N–H and O–H groups in total. The molecule has 0 saturated carbocycles. The van der Waals surface area contributed by atoms with Crippen molar-refractivity contribution in [3.05, 3.63) is 111 Å². The van der Waals surface area contributed by atoms with Crippen LogP contribution in [0.15, 0.2) is 83.7 Å². The second-order valence-electron chi connectivity index (χ2n) is 9.34. The molecule has 0 aromatic heterocycles. The topological polar surface area (TPSA) is 79.0 Å². The van der Waals surface area contributed by atoms with E-state index in [0.29, 0.717) is 29.8 Å². The number of halogens is 3. The van der Waals surface area contributed by atoms with Gasteiger partial charge in [-0.15, -0.1) is 4.91 Å². The molecule has 0 saturated heterocycles. The zero-order valence-corrected chi connectivity index (χ0v) is 21.0. The minimum Gasteiger partial charge on any atom is -0.367 e. The SMILES string of the molecule is C/C=C(\Cc1ccc(CN2CCCc3cc(N(Cc4ccc(C(F)(F)F)cc4)N=O)ccc32)cc1)C(N)=O. The van der Waals surface area contributed by atoms with Gasteiger partial charge in [0.15, 0.2) is 0 Å². The molecule has 0 atom stereocenters. The number of allylic oxidation sites excluding steroid dienone is 1. The third-order valence-electron chi connectivity index (χ3n) is 6.74. The van der Waals surface area contributed by atoms with Gasteiger partial charge in [0.2, 0.25) is 5.91 Å². The highest BCUT2D eigenvalue weighted by Crippen LogP contribution is 2.33. The monoisotopic (exact) mass is 522 g/mol. The van der Waals surface area contributed by atoms with E-state index in [4.69, 9.17) is 5.73 Å². The third-order valence-corrected chi connectivity index (χ3v) is 6.74. The first-order valence-electron chi connectivity index (χ1n) is 12.4. The maximum atomic E-state index is 12.8. The molecule has 1 aliphatic heterocycles. The van der Waals surface area contributed by atoms with Crippen LogP contribution in [0.5, 0.6) is 0 Å². The minimum atomic E-state index is -4.41. The number of benzene rings is 3. The summed E-state index contributed by atoms with van der Waals surface area (Å²) in [7, 11) is 0. The van der Waals surface area contributed by atoms with Gasteiger partial charge in [0.1, 0.15) is 0 Å². The van der Waals surface area contributed by atoms with Crippen molar-refractivity contribution in [2.24, 2.45) is 11.0 Å². The van der Waals surface area contributed by atoms with Gasteiger partial charge in [-0.3, -0.25) is 4.79 Å². The largest absolute Gasteiger partial charge is 0.416 e. The number of nitroso groups, excluding NO2 is 1. The molecule has 198 valence electrons. The van der Waals surface area contributed by atoms with Crippen LogP contribution in [0.25, 0.3) is 0 Å². The van der Waals surface area contributed by atoms with Crippen LogP contribution in [0.1, 0.15) is 41.2 Å². The van der Waals surface area contributed by atoms with Gasteiger partial charge in [-0.25, -0.2) is 5.01 Å². The first-order chi connectivity index (χ1) is 18.2. The fourth-order valence-electron chi connectivity index (χ4n) is 4.66. The Morgan fingerprint density at radius 1 is 1.03 bits per heavy atom. The summed E-state index contributed by atoms with van der Waals surface area (Å²) in [6.07, 6.45) is -0.375. The molecule has 0 unspecified atom stereocenters. The molecule has 1 amide bonds. The van der Waals surface area contributed by atoms with Crippen LogP contribution in [0.3, 0.4) is 0 Å². The third kappa shape index (κ3) is 6.40. The van der Waals surface area contributed by atoms with Crippen molar-refractivity contribution in [3.8, 4) is 0 Å². The van der Waals surface area contributed by atoms with E-state index in [0.717, 1.165) is 53.9 Å². The van der Waals surface area contributed by atoms with E-state index < -0.39 is 17.6 Å². The van der Waals surface area contributed by atoms with Crippen molar-refractivity contribution >= 4 is 17.3 Å². The number of amides is 1. The van der Waals surface area contributed by atoms with Crippen molar-refractivity contribution in [2.45, 2.75) is 45.5 Å². The van der Waals surface area contributed by atoms with E-state index in [1.54, 1.807) is 13.0 Å². The normalized spacial score (nSPS) is 13.7. The standard InChI is InChI=1S/C29H29F3N4O2/c1-2-23(28(33)37)16-20-5-7-21(8-6-20)18-35-15-3-4-24-17-26(13-14-27(24)35)36(34-38)19-22-9-11-25(12-10-22)29(30,31)32/h2,5-14,17H,3-4,15-16,18-19H2,1H3,(H2,33,37)/b23-2+. The lowest BCUT2D eigenvalue weighted by molar-refractivity contribution is -0.137. The van der Waals surface area contributed by atoms with Gasteiger partial charge in [0, 0.05) is 30.8 Å². The minimum absolute atomic E-state index is 0.0706. The highest BCUT2D eigenvalue weighted by atomic mass is 19.4. The van der Waals surface area contributed by atoms with Gasteiger partial charge in [0.05, 0.1) is 23.1 Å². The number of carbonyl (C=O) groups is 1. The number of hydrogen-bond donors (Lipinski definition) is 1.